The molecule has 2 N–H and O–H groups in total. The molecule has 1 fully saturated rings. The first-order chi connectivity index (χ1) is 15.6. The lowest BCUT2D eigenvalue weighted by atomic mass is 10.1. The molecule has 0 bridgehead atoms. The Balaban J connectivity index is 1.37. The van der Waals surface area contributed by atoms with Crippen molar-refractivity contribution in [3.8, 4) is 5.69 Å². The molecule has 0 saturated carbocycles. The van der Waals surface area contributed by atoms with Crippen LogP contribution in [0.4, 0.5) is 17.5 Å². The molecule has 1 unspecified atom stereocenters. The van der Waals surface area contributed by atoms with Gasteiger partial charge < -0.3 is 20.1 Å². The molecule has 4 aromatic rings. The summed E-state index contributed by atoms with van der Waals surface area (Å²) in [6.45, 7) is 6.35. The number of anilines is 3. The number of nitrogens with zero attached hydrogens (tertiary/aromatic N) is 5. The fourth-order valence-electron chi connectivity index (χ4n) is 4.03. The van der Waals surface area contributed by atoms with Crippen molar-refractivity contribution in [1.82, 2.24) is 24.8 Å². The van der Waals surface area contributed by atoms with Gasteiger partial charge in [-0.25, -0.2) is 9.97 Å². The molecule has 1 saturated heterocycles. The fourth-order valence-corrected chi connectivity index (χ4v) is 4.44. The van der Waals surface area contributed by atoms with Gasteiger partial charge in [0.1, 0.15) is 11.5 Å². The number of benzene rings is 1. The number of pyridine rings is 1. The fraction of sp³-hybridized carbons (Fsp3) is 0.292. The highest BCUT2D eigenvalue weighted by Crippen LogP contribution is 2.24. The molecule has 8 heteroatoms. The molecule has 32 heavy (non-hydrogen) atoms. The summed E-state index contributed by atoms with van der Waals surface area (Å²) in [5.74, 6) is 1.55. The Labute approximate surface area is 192 Å². The molecule has 1 aliphatic heterocycles. The van der Waals surface area contributed by atoms with Gasteiger partial charge in [0.15, 0.2) is 0 Å². The van der Waals surface area contributed by atoms with Crippen LogP contribution in [0.2, 0.25) is 0 Å². The second kappa shape index (κ2) is 8.80. The van der Waals surface area contributed by atoms with Crippen molar-refractivity contribution >= 4 is 40.2 Å². The van der Waals surface area contributed by atoms with Crippen LogP contribution >= 0.6 is 11.8 Å². The first-order valence-electron chi connectivity index (χ1n) is 10.8. The summed E-state index contributed by atoms with van der Waals surface area (Å²) >= 11 is 1.74. The summed E-state index contributed by atoms with van der Waals surface area (Å²) < 4.78 is 2.08. The van der Waals surface area contributed by atoms with Crippen LogP contribution in [-0.2, 0) is 0 Å². The predicted octanol–water partition coefficient (Wildman–Crippen LogP) is 4.47. The van der Waals surface area contributed by atoms with E-state index in [1.165, 1.54) is 4.90 Å². The van der Waals surface area contributed by atoms with Gasteiger partial charge in [-0.15, -0.1) is 11.8 Å². The van der Waals surface area contributed by atoms with Gasteiger partial charge in [0.05, 0.1) is 11.9 Å². The Hall–Kier alpha value is -3.10. The van der Waals surface area contributed by atoms with E-state index >= 15 is 0 Å². The Morgan fingerprint density at radius 3 is 2.62 bits per heavy atom. The molecule has 164 valence electrons. The van der Waals surface area contributed by atoms with Crippen molar-refractivity contribution in [2.24, 2.45) is 0 Å². The minimum absolute atomic E-state index is 0.418. The molecular weight excluding hydrogens is 418 g/mol. The number of nitrogens with one attached hydrogen (secondary N) is 2. The summed E-state index contributed by atoms with van der Waals surface area (Å²) in [7, 11) is 0. The van der Waals surface area contributed by atoms with E-state index in [1.54, 1.807) is 11.8 Å². The molecule has 0 spiro atoms. The van der Waals surface area contributed by atoms with E-state index in [0.29, 0.717) is 18.0 Å². The van der Waals surface area contributed by atoms with Gasteiger partial charge in [0.2, 0.25) is 5.95 Å². The summed E-state index contributed by atoms with van der Waals surface area (Å²) in [6.07, 6.45) is 7.81. The zero-order valence-corrected chi connectivity index (χ0v) is 19.3. The minimum Gasteiger partial charge on any atom is -0.351 e. The maximum Gasteiger partial charge on any atom is 0.229 e. The van der Waals surface area contributed by atoms with E-state index in [4.69, 9.17) is 9.97 Å². The SMILES string of the molecule is CSc1ccc(-n2ccc3cnc(Nc4ccc(N5CC(C)NC[C@H]5C)nc4)nc32)cc1. The van der Waals surface area contributed by atoms with Gasteiger partial charge in [0, 0.05) is 53.5 Å². The van der Waals surface area contributed by atoms with Crippen molar-refractivity contribution in [2.45, 2.75) is 30.8 Å². The number of piperazine rings is 1. The zero-order chi connectivity index (χ0) is 22.1. The smallest absolute Gasteiger partial charge is 0.229 e. The summed E-state index contributed by atoms with van der Waals surface area (Å²) in [5, 5.41) is 7.81. The third-order valence-corrected chi connectivity index (χ3v) is 6.58. The maximum absolute atomic E-state index is 4.77. The van der Waals surface area contributed by atoms with Crippen LogP contribution in [0, 0.1) is 0 Å². The summed E-state index contributed by atoms with van der Waals surface area (Å²) in [5.41, 5.74) is 2.81. The second-order valence-corrected chi connectivity index (χ2v) is 9.08. The lowest BCUT2D eigenvalue weighted by Crippen LogP contribution is -2.54. The van der Waals surface area contributed by atoms with Gasteiger partial charge in [-0.2, -0.15) is 4.98 Å². The van der Waals surface area contributed by atoms with E-state index < -0.39 is 0 Å². The monoisotopic (exact) mass is 445 g/mol. The molecule has 1 aliphatic rings. The zero-order valence-electron chi connectivity index (χ0n) is 18.5. The van der Waals surface area contributed by atoms with Crippen LogP contribution in [0.25, 0.3) is 16.7 Å². The number of fused-ring (bicyclic) bond motifs is 1. The van der Waals surface area contributed by atoms with Crippen LogP contribution in [0.15, 0.2) is 66.0 Å². The van der Waals surface area contributed by atoms with Crippen LogP contribution in [0.1, 0.15) is 13.8 Å². The molecular formula is C24H27N7S. The largest absolute Gasteiger partial charge is 0.351 e. The van der Waals surface area contributed by atoms with Gasteiger partial charge in [-0.05, 0) is 62.6 Å². The van der Waals surface area contributed by atoms with Crippen molar-refractivity contribution in [3.63, 3.8) is 0 Å². The Morgan fingerprint density at radius 1 is 1.03 bits per heavy atom. The lowest BCUT2D eigenvalue weighted by molar-refractivity contribution is 0.422. The number of thioether (sulfide) groups is 1. The average Bonchev–Trinajstić information content (AvgIpc) is 3.24. The van der Waals surface area contributed by atoms with E-state index in [9.17, 15) is 0 Å². The molecule has 4 heterocycles. The molecule has 0 radical (unpaired) electrons. The molecule has 5 rings (SSSR count). The third-order valence-electron chi connectivity index (χ3n) is 5.84. The minimum atomic E-state index is 0.418. The number of hydrogen-bond acceptors (Lipinski definition) is 7. The summed E-state index contributed by atoms with van der Waals surface area (Å²) in [4.78, 5) is 17.5. The molecule has 0 amide bonds. The predicted molar refractivity (Wildman–Crippen MR) is 132 cm³/mol. The van der Waals surface area contributed by atoms with E-state index in [0.717, 1.165) is 41.3 Å². The lowest BCUT2D eigenvalue weighted by Gasteiger charge is -2.38. The topological polar surface area (TPSA) is 70.9 Å². The second-order valence-electron chi connectivity index (χ2n) is 8.20. The Bertz CT molecular complexity index is 1200. The highest BCUT2D eigenvalue weighted by atomic mass is 32.2. The van der Waals surface area contributed by atoms with Crippen LogP contribution in [-0.4, -0.2) is 50.9 Å². The maximum atomic E-state index is 4.77. The van der Waals surface area contributed by atoms with Crippen LogP contribution < -0.4 is 15.5 Å². The van der Waals surface area contributed by atoms with Gasteiger partial charge in [-0.3, -0.25) is 0 Å². The Morgan fingerprint density at radius 2 is 1.88 bits per heavy atom. The molecule has 2 atom stereocenters. The highest BCUT2D eigenvalue weighted by molar-refractivity contribution is 7.98. The van der Waals surface area contributed by atoms with Crippen molar-refractivity contribution in [2.75, 3.05) is 29.6 Å². The van der Waals surface area contributed by atoms with Gasteiger partial charge in [0.25, 0.3) is 0 Å². The average molecular weight is 446 g/mol. The number of rotatable bonds is 5. The standard InChI is InChI=1S/C24H27N7S/c1-16-15-31(17(2)12-25-16)22-9-4-19(14-26-22)28-24-27-13-18-10-11-30(23(18)29-24)20-5-7-21(32-3)8-6-20/h4-11,13-14,16-17,25H,12,15H2,1-3H3,(H,27,28,29)/t16?,17-/m1/s1. The van der Waals surface area contributed by atoms with Crippen molar-refractivity contribution < 1.29 is 0 Å². The van der Waals surface area contributed by atoms with Crippen LogP contribution in [0.3, 0.4) is 0 Å². The third kappa shape index (κ3) is 4.16. The normalized spacial score (nSPS) is 18.8. The molecule has 1 aromatic carbocycles. The van der Waals surface area contributed by atoms with Crippen molar-refractivity contribution in [1.29, 1.82) is 0 Å². The number of hydrogen-bond donors (Lipinski definition) is 2. The van der Waals surface area contributed by atoms with E-state index in [2.05, 4.69) is 75.5 Å². The quantitative estimate of drug-likeness (QED) is 0.439. The van der Waals surface area contributed by atoms with Gasteiger partial charge >= 0.3 is 0 Å². The van der Waals surface area contributed by atoms with Crippen molar-refractivity contribution in [3.05, 3.63) is 61.1 Å². The Kier molecular flexibility index (Phi) is 5.71. The van der Waals surface area contributed by atoms with Gasteiger partial charge in [-0.1, -0.05) is 0 Å². The molecule has 7 nitrogen and oxygen atoms in total. The summed E-state index contributed by atoms with van der Waals surface area (Å²) in [6, 6.07) is 15.5. The van der Waals surface area contributed by atoms with Crippen LogP contribution in [0.5, 0.6) is 0 Å². The number of aromatic nitrogens is 4. The first kappa shape index (κ1) is 20.8. The van der Waals surface area contributed by atoms with E-state index in [1.807, 2.05) is 30.7 Å². The molecule has 3 aromatic heterocycles. The van der Waals surface area contributed by atoms with E-state index in [-0.39, 0.29) is 0 Å². The first-order valence-corrected chi connectivity index (χ1v) is 12.0. The molecule has 0 aliphatic carbocycles. The highest BCUT2D eigenvalue weighted by Gasteiger charge is 2.23.